The normalized spacial score (nSPS) is 12.4. The van der Waals surface area contributed by atoms with Crippen LogP contribution >= 0.6 is 0 Å². The average Bonchev–Trinajstić information content (AvgIpc) is 2.72. The van der Waals surface area contributed by atoms with Crippen molar-refractivity contribution < 1.29 is 14.2 Å². The van der Waals surface area contributed by atoms with E-state index in [2.05, 4.69) is 10.4 Å². The Balaban J connectivity index is 1.95. The Morgan fingerprint density at radius 1 is 1.48 bits per heavy atom. The van der Waals surface area contributed by atoms with Crippen LogP contribution in [0.1, 0.15) is 22.9 Å². The van der Waals surface area contributed by atoms with Crippen molar-refractivity contribution >= 4 is 0 Å². The Hall–Kier alpha value is -1.92. The van der Waals surface area contributed by atoms with Gasteiger partial charge in [-0.25, -0.2) is 9.07 Å². The molecule has 0 fully saturated rings. The molecule has 114 valence electrons. The largest absolute Gasteiger partial charge is 0.481 e. The van der Waals surface area contributed by atoms with Crippen molar-refractivity contribution in [3.8, 4) is 5.88 Å². The zero-order chi connectivity index (χ0) is 15.4. The minimum Gasteiger partial charge on any atom is -0.481 e. The molecular weight excluding hydrogens is 273 g/mol. The van der Waals surface area contributed by atoms with Gasteiger partial charge in [-0.2, -0.15) is 5.10 Å². The molecule has 6 heteroatoms. The number of aryl methyl sites for hydroxylation is 2. The van der Waals surface area contributed by atoms with E-state index in [-0.39, 0.29) is 5.82 Å². The Morgan fingerprint density at radius 2 is 2.24 bits per heavy atom. The fourth-order valence-electron chi connectivity index (χ4n) is 2.31. The lowest BCUT2D eigenvalue weighted by atomic mass is 10.1. The van der Waals surface area contributed by atoms with Crippen LogP contribution in [0.2, 0.25) is 0 Å². The number of benzene rings is 1. The lowest BCUT2D eigenvalue weighted by molar-refractivity contribution is 0.173. The summed E-state index contributed by atoms with van der Waals surface area (Å²) in [6.07, 6.45) is -0.760. The molecule has 0 spiro atoms. The second kappa shape index (κ2) is 6.69. The average molecular weight is 293 g/mol. The van der Waals surface area contributed by atoms with Crippen LogP contribution in [0, 0.1) is 12.7 Å². The van der Waals surface area contributed by atoms with E-state index in [0.717, 1.165) is 11.3 Å². The highest BCUT2D eigenvalue weighted by Crippen LogP contribution is 2.21. The highest BCUT2D eigenvalue weighted by Gasteiger charge is 2.14. The van der Waals surface area contributed by atoms with Crippen molar-refractivity contribution in [2.45, 2.75) is 19.6 Å². The quantitative estimate of drug-likeness (QED) is 0.851. The fraction of sp³-hybridized carbons (Fsp3) is 0.400. The first-order valence-electron chi connectivity index (χ1n) is 6.73. The van der Waals surface area contributed by atoms with Crippen molar-refractivity contribution in [3.05, 3.63) is 46.9 Å². The zero-order valence-electron chi connectivity index (χ0n) is 12.4. The van der Waals surface area contributed by atoms with Gasteiger partial charge in [-0.3, -0.25) is 0 Å². The molecule has 1 aromatic carbocycles. The van der Waals surface area contributed by atoms with Gasteiger partial charge in [0.15, 0.2) is 0 Å². The molecule has 2 N–H and O–H groups in total. The van der Waals surface area contributed by atoms with Crippen LogP contribution in [0.3, 0.4) is 0 Å². The van der Waals surface area contributed by atoms with Gasteiger partial charge in [0.25, 0.3) is 0 Å². The molecule has 0 aliphatic carbocycles. The molecule has 0 amide bonds. The van der Waals surface area contributed by atoms with Gasteiger partial charge in [0.2, 0.25) is 5.88 Å². The summed E-state index contributed by atoms with van der Waals surface area (Å²) in [6.45, 7) is 2.75. The molecule has 0 bridgehead atoms. The first kappa shape index (κ1) is 15.5. The molecular formula is C15H20FN3O2. The van der Waals surface area contributed by atoms with Crippen molar-refractivity contribution in [3.63, 3.8) is 0 Å². The molecule has 0 aliphatic rings. The molecule has 0 radical (unpaired) electrons. The fourth-order valence-corrected chi connectivity index (χ4v) is 2.31. The van der Waals surface area contributed by atoms with E-state index in [0.29, 0.717) is 24.5 Å². The summed E-state index contributed by atoms with van der Waals surface area (Å²) < 4.78 is 20.1. The van der Waals surface area contributed by atoms with E-state index in [1.54, 1.807) is 23.9 Å². The van der Waals surface area contributed by atoms with Crippen molar-refractivity contribution in [2.75, 3.05) is 13.7 Å². The SMILES string of the molecule is COc1c(CNC[C@@H](O)c2cccc(F)c2)c(C)nn1C. The number of hydrogen-bond acceptors (Lipinski definition) is 4. The summed E-state index contributed by atoms with van der Waals surface area (Å²) in [5.41, 5.74) is 2.38. The molecule has 0 saturated carbocycles. The minimum absolute atomic E-state index is 0.320. The minimum atomic E-state index is -0.760. The monoisotopic (exact) mass is 293 g/mol. The van der Waals surface area contributed by atoms with Crippen LogP contribution in [0.15, 0.2) is 24.3 Å². The van der Waals surface area contributed by atoms with Crippen molar-refractivity contribution in [2.24, 2.45) is 7.05 Å². The van der Waals surface area contributed by atoms with E-state index in [1.807, 2.05) is 14.0 Å². The number of hydrogen-bond donors (Lipinski definition) is 2. The van der Waals surface area contributed by atoms with Gasteiger partial charge >= 0.3 is 0 Å². The first-order chi connectivity index (χ1) is 10.0. The van der Waals surface area contributed by atoms with E-state index in [4.69, 9.17) is 4.74 Å². The summed E-state index contributed by atoms with van der Waals surface area (Å²) in [4.78, 5) is 0. The number of nitrogens with one attached hydrogen (secondary N) is 1. The van der Waals surface area contributed by atoms with Gasteiger partial charge in [0.1, 0.15) is 5.82 Å². The van der Waals surface area contributed by atoms with E-state index in [9.17, 15) is 9.50 Å². The highest BCUT2D eigenvalue weighted by molar-refractivity contribution is 5.30. The summed E-state index contributed by atoms with van der Waals surface area (Å²) >= 11 is 0. The third-order valence-electron chi connectivity index (χ3n) is 3.36. The molecule has 0 aliphatic heterocycles. The number of aliphatic hydroxyl groups is 1. The number of aliphatic hydroxyl groups excluding tert-OH is 1. The first-order valence-corrected chi connectivity index (χ1v) is 6.73. The van der Waals surface area contributed by atoms with Crippen LogP contribution in [0.5, 0.6) is 5.88 Å². The van der Waals surface area contributed by atoms with Crippen LogP contribution in [0.25, 0.3) is 0 Å². The number of nitrogens with zero attached hydrogens (tertiary/aromatic N) is 2. The van der Waals surface area contributed by atoms with Gasteiger partial charge < -0.3 is 15.2 Å². The topological polar surface area (TPSA) is 59.3 Å². The zero-order valence-corrected chi connectivity index (χ0v) is 12.4. The number of aromatic nitrogens is 2. The molecule has 5 nitrogen and oxygen atoms in total. The predicted molar refractivity (Wildman–Crippen MR) is 77.6 cm³/mol. The van der Waals surface area contributed by atoms with Gasteiger partial charge in [-0.1, -0.05) is 12.1 Å². The molecule has 1 atom stereocenters. The Kier molecular flexibility index (Phi) is 4.93. The number of halogens is 1. The van der Waals surface area contributed by atoms with Gasteiger partial charge in [0.05, 0.1) is 24.5 Å². The van der Waals surface area contributed by atoms with Gasteiger partial charge in [-0.15, -0.1) is 0 Å². The second-order valence-electron chi connectivity index (χ2n) is 4.90. The number of rotatable bonds is 6. The lowest BCUT2D eigenvalue weighted by Gasteiger charge is -2.12. The van der Waals surface area contributed by atoms with Crippen molar-refractivity contribution in [1.29, 1.82) is 0 Å². The number of ether oxygens (including phenoxy) is 1. The Bertz CT molecular complexity index is 613. The van der Waals surface area contributed by atoms with Gasteiger partial charge in [0, 0.05) is 20.1 Å². The molecule has 0 unspecified atom stereocenters. The Morgan fingerprint density at radius 3 is 2.90 bits per heavy atom. The second-order valence-corrected chi connectivity index (χ2v) is 4.90. The molecule has 1 heterocycles. The van der Waals surface area contributed by atoms with Crippen LogP contribution in [-0.2, 0) is 13.6 Å². The maximum Gasteiger partial charge on any atom is 0.216 e. The summed E-state index contributed by atoms with van der Waals surface area (Å²) in [6, 6.07) is 5.98. The van der Waals surface area contributed by atoms with Crippen molar-refractivity contribution in [1.82, 2.24) is 15.1 Å². The Labute approximate surface area is 123 Å². The molecule has 0 saturated heterocycles. The maximum atomic E-state index is 13.1. The van der Waals surface area contributed by atoms with E-state index >= 15 is 0 Å². The summed E-state index contributed by atoms with van der Waals surface area (Å²) in [5.74, 6) is 0.344. The maximum absolute atomic E-state index is 13.1. The van der Waals surface area contributed by atoms with Crippen LogP contribution in [0.4, 0.5) is 4.39 Å². The lowest BCUT2D eigenvalue weighted by Crippen LogP contribution is -2.21. The van der Waals surface area contributed by atoms with Crippen LogP contribution < -0.4 is 10.1 Å². The summed E-state index contributed by atoms with van der Waals surface area (Å²) in [5, 5.41) is 17.5. The van der Waals surface area contributed by atoms with Gasteiger partial charge in [-0.05, 0) is 24.6 Å². The number of methoxy groups -OCH3 is 1. The molecule has 1 aromatic heterocycles. The van der Waals surface area contributed by atoms with E-state index in [1.165, 1.54) is 12.1 Å². The molecule has 2 aromatic rings. The molecule has 2 rings (SSSR count). The van der Waals surface area contributed by atoms with E-state index < -0.39 is 6.10 Å². The smallest absolute Gasteiger partial charge is 0.216 e. The standard InChI is InChI=1S/C15H20FN3O2/c1-10-13(15(21-3)19(2)18-10)8-17-9-14(20)11-5-4-6-12(16)7-11/h4-7,14,17,20H,8-9H2,1-3H3/t14-/m1/s1. The molecule has 21 heavy (non-hydrogen) atoms. The predicted octanol–water partition coefficient (Wildman–Crippen LogP) is 1.70. The third-order valence-corrected chi connectivity index (χ3v) is 3.36. The third kappa shape index (κ3) is 3.59. The summed E-state index contributed by atoms with van der Waals surface area (Å²) in [7, 11) is 3.42. The highest BCUT2D eigenvalue weighted by atomic mass is 19.1. The van der Waals surface area contributed by atoms with Crippen LogP contribution in [-0.4, -0.2) is 28.5 Å².